The summed E-state index contributed by atoms with van der Waals surface area (Å²) >= 11 is 1.57. The lowest BCUT2D eigenvalue weighted by Crippen LogP contribution is -2.50. The summed E-state index contributed by atoms with van der Waals surface area (Å²) in [4.78, 5) is 43.2. The van der Waals surface area contributed by atoms with Gasteiger partial charge in [-0.3, -0.25) is 14.2 Å². The zero-order chi connectivity index (χ0) is 19.8. The van der Waals surface area contributed by atoms with Crippen LogP contribution in [0.5, 0.6) is 0 Å². The molecule has 0 saturated carbocycles. The van der Waals surface area contributed by atoms with Gasteiger partial charge in [-0.25, -0.2) is 15.0 Å². The first kappa shape index (κ1) is 17.7. The minimum atomic E-state index is -0.266. The molecule has 0 spiro atoms. The lowest BCUT2D eigenvalue weighted by Gasteiger charge is -2.34. The van der Waals surface area contributed by atoms with E-state index in [4.69, 9.17) is 0 Å². The molecule has 1 amide bonds. The molecule has 3 aromatic heterocycles. The van der Waals surface area contributed by atoms with Crippen molar-refractivity contribution in [2.75, 3.05) is 31.1 Å². The van der Waals surface area contributed by atoms with Crippen LogP contribution in [-0.2, 0) is 11.3 Å². The van der Waals surface area contributed by atoms with E-state index in [1.54, 1.807) is 17.5 Å². The molecule has 1 saturated heterocycles. The van der Waals surface area contributed by atoms with Crippen molar-refractivity contribution in [3.8, 4) is 0 Å². The molecule has 4 aromatic rings. The molecule has 1 aliphatic rings. The molecule has 0 radical (unpaired) electrons. The second kappa shape index (κ2) is 7.25. The number of fused-ring (bicyclic) bond motifs is 2. The number of anilines is 1. The largest absolute Gasteiger partial charge is 0.344 e. The summed E-state index contributed by atoms with van der Waals surface area (Å²) in [6, 6.07) is 11.2. The molecule has 5 rings (SSSR count). The average molecular weight is 406 g/mol. The fourth-order valence-corrected chi connectivity index (χ4v) is 4.51. The van der Waals surface area contributed by atoms with E-state index in [0.29, 0.717) is 37.2 Å². The van der Waals surface area contributed by atoms with Crippen LogP contribution in [0.2, 0.25) is 0 Å². The number of para-hydroxylation sites is 2. The monoisotopic (exact) mass is 406 g/mol. The molecule has 1 fully saturated rings. The van der Waals surface area contributed by atoms with Crippen molar-refractivity contribution < 1.29 is 4.79 Å². The smallest absolute Gasteiger partial charge is 0.269 e. The van der Waals surface area contributed by atoms with Gasteiger partial charge in [0.1, 0.15) is 16.9 Å². The Bertz CT molecular complexity index is 1230. The van der Waals surface area contributed by atoms with Crippen molar-refractivity contribution >= 4 is 43.8 Å². The third kappa shape index (κ3) is 3.33. The van der Waals surface area contributed by atoms with E-state index in [1.165, 1.54) is 10.8 Å². The molecular weight excluding hydrogens is 388 g/mol. The fraction of sp³-hybridized carbons (Fsp3) is 0.250. The summed E-state index contributed by atoms with van der Waals surface area (Å²) in [5, 5.41) is 0.933. The van der Waals surface area contributed by atoms with E-state index in [2.05, 4.69) is 19.9 Å². The van der Waals surface area contributed by atoms with Crippen LogP contribution in [0, 0.1) is 0 Å². The Labute approximate surface area is 170 Å². The number of hydrogen-bond acceptors (Lipinski definition) is 7. The third-order valence-corrected chi connectivity index (χ3v) is 6.14. The van der Waals surface area contributed by atoms with E-state index in [9.17, 15) is 9.59 Å². The zero-order valence-corrected chi connectivity index (χ0v) is 16.4. The molecule has 9 heteroatoms. The Morgan fingerprint density at radius 1 is 1.00 bits per heavy atom. The summed E-state index contributed by atoms with van der Waals surface area (Å²) in [7, 11) is 0. The Kier molecular flexibility index (Phi) is 4.44. The number of rotatable bonds is 3. The van der Waals surface area contributed by atoms with Crippen LogP contribution < -0.4 is 10.5 Å². The number of hydrogen-bond donors (Lipinski definition) is 0. The van der Waals surface area contributed by atoms with Crippen LogP contribution in [0.25, 0.3) is 21.4 Å². The second-order valence-corrected chi connectivity index (χ2v) is 7.82. The van der Waals surface area contributed by atoms with Crippen molar-refractivity contribution in [3.63, 3.8) is 0 Å². The molecule has 0 unspecified atom stereocenters. The summed E-state index contributed by atoms with van der Waals surface area (Å²) in [6.45, 7) is 2.63. The van der Waals surface area contributed by atoms with Gasteiger partial charge in [0.15, 0.2) is 5.13 Å². The van der Waals surface area contributed by atoms with Gasteiger partial charge in [-0.1, -0.05) is 23.5 Å². The number of carbonyl (C=O) groups is 1. The molecule has 0 bridgehead atoms. The Balaban J connectivity index is 1.29. The summed E-state index contributed by atoms with van der Waals surface area (Å²) in [5.41, 5.74) is 2.01. The molecular formula is C20H18N6O2S. The number of nitrogens with zero attached hydrogens (tertiary/aromatic N) is 6. The number of pyridine rings is 1. The Morgan fingerprint density at radius 3 is 2.62 bits per heavy atom. The minimum absolute atomic E-state index is 0.0208. The highest BCUT2D eigenvalue weighted by Gasteiger charge is 2.24. The van der Waals surface area contributed by atoms with Gasteiger partial charge in [0.2, 0.25) is 5.91 Å². The van der Waals surface area contributed by atoms with E-state index >= 15 is 0 Å². The van der Waals surface area contributed by atoms with Gasteiger partial charge in [0, 0.05) is 32.4 Å². The number of thiazole rings is 1. The SMILES string of the molecule is O=C(Cn1c(=O)cnc2ccccc21)N1CCN(c2nc3cccnc3s2)CC1. The first-order valence-corrected chi connectivity index (χ1v) is 10.2. The predicted molar refractivity (Wildman–Crippen MR) is 112 cm³/mol. The van der Waals surface area contributed by atoms with Gasteiger partial charge in [0.25, 0.3) is 5.56 Å². The molecule has 1 aromatic carbocycles. The van der Waals surface area contributed by atoms with E-state index in [0.717, 1.165) is 15.5 Å². The quantitative estimate of drug-likeness (QED) is 0.515. The minimum Gasteiger partial charge on any atom is -0.344 e. The molecule has 0 atom stereocenters. The third-order valence-electron chi connectivity index (χ3n) is 5.10. The van der Waals surface area contributed by atoms with E-state index in [-0.39, 0.29) is 18.0 Å². The molecule has 1 aliphatic heterocycles. The zero-order valence-electron chi connectivity index (χ0n) is 15.6. The highest BCUT2D eigenvalue weighted by atomic mass is 32.1. The number of carbonyl (C=O) groups excluding carboxylic acids is 1. The maximum atomic E-state index is 12.9. The average Bonchev–Trinajstić information content (AvgIpc) is 3.20. The molecule has 8 nitrogen and oxygen atoms in total. The number of aromatic nitrogens is 4. The Hall–Kier alpha value is -3.33. The van der Waals surface area contributed by atoms with Gasteiger partial charge in [-0.2, -0.15) is 0 Å². The normalized spacial score (nSPS) is 14.6. The highest BCUT2D eigenvalue weighted by molar-refractivity contribution is 7.21. The van der Waals surface area contributed by atoms with Gasteiger partial charge < -0.3 is 9.80 Å². The van der Waals surface area contributed by atoms with Gasteiger partial charge in [-0.15, -0.1) is 0 Å². The van der Waals surface area contributed by atoms with Crippen molar-refractivity contribution in [2.24, 2.45) is 0 Å². The molecule has 146 valence electrons. The first-order valence-electron chi connectivity index (χ1n) is 9.38. The van der Waals surface area contributed by atoms with Crippen LogP contribution in [0.3, 0.4) is 0 Å². The summed E-state index contributed by atoms with van der Waals surface area (Å²) < 4.78 is 1.50. The Morgan fingerprint density at radius 2 is 1.79 bits per heavy atom. The van der Waals surface area contributed by atoms with E-state index in [1.807, 2.05) is 41.3 Å². The summed E-state index contributed by atoms with van der Waals surface area (Å²) in [6.07, 6.45) is 3.04. The standard InChI is InChI=1S/C20H18N6O2S/c27-17-12-22-14-4-1-2-6-16(14)26(17)13-18(28)24-8-10-25(11-9-24)20-23-15-5-3-7-21-19(15)29-20/h1-7,12H,8-11,13H2. The van der Waals surface area contributed by atoms with E-state index < -0.39 is 0 Å². The molecule has 0 aliphatic carbocycles. The van der Waals surface area contributed by atoms with Crippen LogP contribution in [-0.4, -0.2) is 56.5 Å². The van der Waals surface area contributed by atoms with Gasteiger partial charge >= 0.3 is 0 Å². The molecule has 29 heavy (non-hydrogen) atoms. The van der Waals surface area contributed by atoms with Gasteiger partial charge in [-0.05, 0) is 24.3 Å². The van der Waals surface area contributed by atoms with Crippen molar-refractivity contribution in [1.82, 2.24) is 24.4 Å². The number of benzene rings is 1. The first-order chi connectivity index (χ1) is 14.2. The van der Waals surface area contributed by atoms with Crippen LogP contribution in [0.4, 0.5) is 5.13 Å². The highest BCUT2D eigenvalue weighted by Crippen LogP contribution is 2.27. The lowest BCUT2D eigenvalue weighted by atomic mass is 10.3. The van der Waals surface area contributed by atoms with Crippen LogP contribution in [0.1, 0.15) is 0 Å². The second-order valence-electron chi connectivity index (χ2n) is 6.86. The lowest BCUT2D eigenvalue weighted by molar-refractivity contribution is -0.132. The number of piperazine rings is 1. The molecule has 0 N–H and O–H groups in total. The maximum Gasteiger partial charge on any atom is 0.269 e. The van der Waals surface area contributed by atoms with Crippen LogP contribution >= 0.6 is 11.3 Å². The van der Waals surface area contributed by atoms with Crippen molar-refractivity contribution in [2.45, 2.75) is 6.54 Å². The summed E-state index contributed by atoms with van der Waals surface area (Å²) in [5.74, 6) is -0.0610. The molecule has 4 heterocycles. The number of amides is 1. The fourth-order valence-electron chi connectivity index (χ4n) is 3.55. The van der Waals surface area contributed by atoms with Crippen LogP contribution in [0.15, 0.2) is 53.6 Å². The van der Waals surface area contributed by atoms with Crippen molar-refractivity contribution in [3.05, 3.63) is 59.1 Å². The van der Waals surface area contributed by atoms with Gasteiger partial charge in [0.05, 0.1) is 17.2 Å². The predicted octanol–water partition coefficient (Wildman–Crippen LogP) is 1.75. The van der Waals surface area contributed by atoms with Crippen molar-refractivity contribution in [1.29, 1.82) is 0 Å². The maximum absolute atomic E-state index is 12.9. The topological polar surface area (TPSA) is 84.2 Å².